The lowest BCUT2D eigenvalue weighted by Gasteiger charge is -2.39. The van der Waals surface area contributed by atoms with Gasteiger partial charge in [-0.1, -0.05) is 0 Å². The third-order valence-corrected chi connectivity index (χ3v) is 4.29. The van der Waals surface area contributed by atoms with E-state index in [9.17, 15) is 14.7 Å². The molecule has 6 heteroatoms. The quantitative estimate of drug-likeness (QED) is 0.882. The fourth-order valence-electron chi connectivity index (χ4n) is 2.62. The predicted molar refractivity (Wildman–Crippen MR) is 78.7 cm³/mol. The molecule has 1 aliphatic rings. The van der Waals surface area contributed by atoms with Crippen molar-refractivity contribution in [1.29, 1.82) is 0 Å². The first-order valence-corrected chi connectivity index (χ1v) is 7.06. The number of anilines is 1. The fourth-order valence-corrected chi connectivity index (χ4v) is 2.62. The molecule has 1 unspecified atom stereocenters. The van der Waals surface area contributed by atoms with Gasteiger partial charge < -0.3 is 15.7 Å². The highest BCUT2D eigenvalue weighted by Crippen LogP contribution is 2.34. The summed E-state index contributed by atoms with van der Waals surface area (Å²) in [5, 5.41) is 9.34. The molecule has 114 valence electrons. The number of likely N-dealkylation sites (tertiary alicyclic amines) is 1. The van der Waals surface area contributed by atoms with Crippen LogP contribution < -0.4 is 5.73 Å². The molecule has 1 saturated heterocycles. The van der Waals surface area contributed by atoms with E-state index in [4.69, 9.17) is 5.73 Å². The van der Waals surface area contributed by atoms with Gasteiger partial charge in [-0.2, -0.15) is 0 Å². The maximum atomic E-state index is 12.4. The van der Waals surface area contributed by atoms with Crippen molar-refractivity contribution >= 4 is 17.6 Å². The monoisotopic (exact) mass is 291 g/mol. The minimum absolute atomic E-state index is 0.0542. The molecule has 0 radical (unpaired) electrons. The minimum atomic E-state index is -0.840. The Morgan fingerprint density at radius 1 is 1.43 bits per heavy atom. The predicted octanol–water partition coefficient (Wildman–Crippen LogP) is 1.63. The number of carbonyl (C=O) groups excluding carboxylic acids is 1. The van der Waals surface area contributed by atoms with Gasteiger partial charge in [-0.25, -0.2) is 4.98 Å². The van der Waals surface area contributed by atoms with E-state index in [1.165, 1.54) is 6.20 Å². The van der Waals surface area contributed by atoms with E-state index in [2.05, 4.69) is 4.98 Å². The molecule has 6 nitrogen and oxygen atoms in total. The van der Waals surface area contributed by atoms with Crippen LogP contribution in [-0.4, -0.2) is 40.0 Å². The number of aliphatic carboxylic acids is 1. The van der Waals surface area contributed by atoms with E-state index < -0.39 is 11.4 Å². The number of carbonyl (C=O) groups is 2. The van der Waals surface area contributed by atoms with E-state index in [0.717, 1.165) is 12.8 Å². The number of carboxylic acids is 1. The molecule has 0 bridgehead atoms. The summed E-state index contributed by atoms with van der Waals surface area (Å²) in [4.78, 5) is 29.5. The van der Waals surface area contributed by atoms with Crippen molar-refractivity contribution in [1.82, 2.24) is 9.88 Å². The lowest BCUT2D eigenvalue weighted by atomic mass is 9.74. The number of rotatable bonds is 3. The zero-order chi connectivity index (χ0) is 15.6. The number of nitrogens with zero attached hydrogens (tertiary/aromatic N) is 2. The Bertz CT molecular complexity index is 540. The lowest BCUT2D eigenvalue weighted by molar-refractivity contribution is -0.151. The van der Waals surface area contributed by atoms with Gasteiger partial charge in [0.05, 0.1) is 17.3 Å². The third kappa shape index (κ3) is 3.15. The molecule has 0 aliphatic carbocycles. The molecule has 0 aromatic carbocycles. The van der Waals surface area contributed by atoms with Crippen LogP contribution in [0.15, 0.2) is 18.3 Å². The molecule has 1 atom stereocenters. The molecule has 1 fully saturated rings. The highest BCUT2D eigenvalue weighted by atomic mass is 16.4. The van der Waals surface area contributed by atoms with Crippen molar-refractivity contribution < 1.29 is 14.7 Å². The zero-order valence-corrected chi connectivity index (χ0v) is 12.4. The first-order valence-electron chi connectivity index (χ1n) is 7.06. The van der Waals surface area contributed by atoms with Gasteiger partial charge in [0, 0.05) is 13.1 Å². The van der Waals surface area contributed by atoms with Crippen LogP contribution in [0, 0.1) is 11.3 Å². The van der Waals surface area contributed by atoms with Gasteiger partial charge in [0.1, 0.15) is 5.69 Å². The van der Waals surface area contributed by atoms with Gasteiger partial charge in [-0.15, -0.1) is 0 Å². The summed E-state index contributed by atoms with van der Waals surface area (Å²) < 4.78 is 0. The zero-order valence-electron chi connectivity index (χ0n) is 12.4. The fraction of sp³-hybridized carbons (Fsp3) is 0.533. The summed E-state index contributed by atoms with van der Waals surface area (Å²) in [6.07, 6.45) is 3.08. The number of aromatic nitrogens is 1. The van der Waals surface area contributed by atoms with Crippen molar-refractivity contribution in [2.24, 2.45) is 11.3 Å². The van der Waals surface area contributed by atoms with Crippen LogP contribution in [0.2, 0.25) is 0 Å². The number of nitrogen functional groups attached to an aromatic ring is 1. The van der Waals surface area contributed by atoms with Gasteiger partial charge in [-0.3, -0.25) is 9.59 Å². The molecule has 1 aromatic rings. The molecule has 0 spiro atoms. The van der Waals surface area contributed by atoms with Crippen LogP contribution in [0.4, 0.5) is 5.69 Å². The van der Waals surface area contributed by atoms with E-state index in [-0.39, 0.29) is 11.8 Å². The molecule has 21 heavy (non-hydrogen) atoms. The molecule has 1 amide bonds. The number of amides is 1. The Morgan fingerprint density at radius 3 is 2.71 bits per heavy atom. The summed E-state index contributed by atoms with van der Waals surface area (Å²) in [6.45, 7) is 4.52. The Balaban J connectivity index is 2.12. The molecule has 1 aromatic heterocycles. The summed E-state index contributed by atoms with van der Waals surface area (Å²) >= 11 is 0. The Hall–Kier alpha value is -2.11. The molecular weight excluding hydrogens is 270 g/mol. The van der Waals surface area contributed by atoms with Gasteiger partial charge >= 0.3 is 5.97 Å². The molecule has 3 N–H and O–H groups in total. The Morgan fingerprint density at radius 2 is 2.14 bits per heavy atom. The number of hydrogen-bond donors (Lipinski definition) is 2. The van der Waals surface area contributed by atoms with Crippen molar-refractivity contribution in [2.75, 3.05) is 18.8 Å². The average molecular weight is 291 g/mol. The van der Waals surface area contributed by atoms with Gasteiger partial charge in [0.25, 0.3) is 5.91 Å². The average Bonchev–Trinajstić information content (AvgIpc) is 2.47. The first-order chi connectivity index (χ1) is 9.82. The third-order valence-electron chi connectivity index (χ3n) is 4.29. The Labute approximate surface area is 124 Å². The van der Waals surface area contributed by atoms with E-state index in [1.54, 1.807) is 30.9 Å². The second-order valence-electron chi connectivity index (χ2n) is 6.09. The van der Waals surface area contributed by atoms with Crippen LogP contribution in [0.1, 0.15) is 37.2 Å². The number of pyridine rings is 1. The molecular formula is C15H21N3O3. The van der Waals surface area contributed by atoms with Gasteiger partial charge in [-0.05, 0) is 44.7 Å². The lowest BCUT2D eigenvalue weighted by Crippen LogP contribution is -2.47. The number of nitrogens with two attached hydrogens (primary N) is 1. The maximum absolute atomic E-state index is 12.4. The van der Waals surface area contributed by atoms with Crippen molar-refractivity contribution in [3.63, 3.8) is 0 Å². The SMILES string of the molecule is CC(C)(C(=O)O)C1CCCN(C(=O)c2ccc(N)cn2)C1. The maximum Gasteiger partial charge on any atom is 0.309 e. The Kier molecular flexibility index (Phi) is 4.16. The topological polar surface area (TPSA) is 96.5 Å². The molecule has 2 heterocycles. The largest absolute Gasteiger partial charge is 0.481 e. The molecule has 2 rings (SSSR count). The minimum Gasteiger partial charge on any atom is -0.481 e. The highest BCUT2D eigenvalue weighted by molar-refractivity contribution is 5.92. The first kappa shape index (κ1) is 15.3. The summed E-state index contributed by atoms with van der Waals surface area (Å²) in [6, 6.07) is 3.24. The second-order valence-corrected chi connectivity index (χ2v) is 6.09. The number of carboxylic acid groups (broad SMARTS) is 1. The number of hydrogen-bond acceptors (Lipinski definition) is 4. The van der Waals surface area contributed by atoms with Crippen LogP contribution in [-0.2, 0) is 4.79 Å². The molecule has 1 aliphatic heterocycles. The second kappa shape index (κ2) is 5.71. The summed E-state index contributed by atoms with van der Waals surface area (Å²) in [7, 11) is 0. The highest BCUT2D eigenvalue weighted by Gasteiger charge is 2.40. The van der Waals surface area contributed by atoms with Crippen molar-refractivity contribution in [3.05, 3.63) is 24.0 Å². The summed E-state index contributed by atoms with van der Waals surface area (Å²) in [5.41, 5.74) is 5.58. The van der Waals surface area contributed by atoms with Crippen LogP contribution >= 0.6 is 0 Å². The van der Waals surface area contributed by atoms with E-state index in [0.29, 0.717) is 24.5 Å². The number of piperidine rings is 1. The van der Waals surface area contributed by atoms with Crippen LogP contribution in [0.25, 0.3) is 0 Å². The smallest absolute Gasteiger partial charge is 0.309 e. The molecule has 0 saturated carbocycles. The van der Waals surface area contributed by atoms with Crippen LogP contribution in [0.3, 0.4) is 0 Å². The van der Waals surface area contributed by atoms with E-state index in [1.807, 2.05) is 0 Å². The van der Waals surface area contributed by atoms with Crippen molar-refractivity contribution in [3.8, 4) is 0 Å². The standard InChI is InChI=1S/C15H21N3O3/c1-15(2,14(20)21)10-4-3-7-18(9-10)13(19)12-6-5-11(16)8-17-12/h5-6,8,10H,3-4,7,9,16H2,1-2H3,(H,20,21). The normalized spacial score (nSPS) is 19.3. The van der Waals surface area contributed by atoms with Gasteiger partial charge in [0.15, 0.2) is 0 Å². The van der Waals surface area contributed by atoms with Gasteiger partial charge in [0.2, 0.25) is 0 Å². The van der Waals surface area contributed by atoms with Crippen molar-refractivity contribution in [2.45, 2.75) is 26.7 Å². The van der Waals surface area contributed by atoms with Crippen LogP contribution in [0.5, 0.6) is 0 Å². The van der Waals surface area contributed by atoms with E-state index >= 15 is 0 Å². The summed E-state index contributed by atoms with van der Waals surface area (Å²) in [5.74, 6) is -1.05.